The monoisotopic (exact) mass is 240 g/mol. The molecule has 2 fully saturated rings. The molecule has 2 N–H and O–H groups in total. The van der Waals surface area contributed by atoms with Crippen molar-refractivity contribution in [1.29, 1.82) is 0 Å². The number of rotatable bonds is 5. The quantitative estimate of drug-likeness (QED) is 0.702. The highest BCUT2D eigenvalue weighted by Gasteiger charge is 2.40. The zero-order chi connectivity index (χ0) is 12.3. The van der Waals surface area contributed by atoms with E-state index in [2.05, 4.69) is 17.1 Å². The molecule has 4 heteroatoms. The topological polar surface area (TPSA) is 52.6 Å². The molecule has 4 nitrogen and oxygen atoms in total. The summed E-state index contributed by atoms with van der Waals surface area (Å²) >= 11 is 0. The molecule has 2 aliphatic heterocycles. The van der Waals surface area contributed by atoms with Crippen molar-refractivity contribution in [2.24, 2.45) is 0 Å². The number of nitrogens with one attached hydrogen (secondary N) is 1. The van der Waals surface area contributed by atoms with E-state index >= 15 is 0 Å². The van der Waals surface area contributed by atoms with Gasteiger partial charge in [0.25, 0.3) is 0 Å². The first-order valence-electron chi connectivity index (χ1n) is 6.91. The Balaban J connectivity index is 1.77. The summed E-state index contributed by atoms with van der Waals surface area (Å²) in [6.07, 6.45) is 6.00. The van der Waals surface area contributed by atoms with E-state index in [0.29, 0.717) is 18.6 Å². The molecule has 0 aromatic rings. The highest BCUT2D eigenvalue weighted by Crippen LogP contribution is 2.35. The fourth-order valence-corrected chi connectivity index (χ4v) is 3.13. The Morgan fingerprint density at radius 1 is 1.35 bits per heavy atom. The molecular formula is C13H24N2O2. The van der Waals surface area contributed by atoms with E-state index in [1.54, 1.807) is 0 Å². The SMILES string of the molecule is CCCCNC(=O)CN1C2CCC1CC(O)C2. The summed E-state index contributed by atoms with van der Waals surface area (Å²) in [4.78, 5) is 14.1. The van der Waals surface area contributed by atoms with Gasteiger partial charge in [0.05, 0.1) is 12.6 Å². The van der Waals surface area contributed by atoms with Crippen LogP contribution in [0.4, 0.5) is 0 Å². The molecule has 2 heterocycles. The minimum atomic E-state index is -0.146. The Morgan fingerprint density at radius 3 is 2.59 bits per heavy atom. The normalized spacial score (nSPS) is 32.7. The van der Waals surface area contributed by atoms with Crippen LogP contribution in [-0.4, -0.2) is 47.2 Å². The van der Waals surface area contributed by atoms with Gasteiger partial charge in [-0.25, -0.2) is 0 Å². The Labute approximate surface area is 103 Å². The number of nitrogens with zero attached hydrogens (tertiary/aromatic N) is 1. The lowest BCUT2D eigenvalue weighted by molar-refractivity contribution is -0.124. The van der Waals surface area contributed by atoms with E-state index in [1.165, 1.54) is 0 Å². The Kier molecular flexibility index (Phi) is 4.40. The van der Waals surface area contributed by atoms with Gasteiger partial charge in [0, 0.05) is 18.6 Å². The number of fused-ring (bicyclic) bond motifs is 2. The summed E-state index contributed by atoms with van der Waals surface area (Å²) in [5.74, 6) is 0.145. The van der Waals surface area contributed by atoms with E-state index in [1.807, 2.05) is 0 Å². The summed E-state index contributed by atoms with van der Waals surface area (Å²) in [5, 5.41) is 12.7. The molecule has 2 aliphatic rings. The van der Waals surface area contributed by atoms with E-state index in [9.17, 15) is 9.90 Å². The fourth-order valence-electron chi connectivity index (χ4n) is 3.13. The van der Waals surface area contributed by atoms with Crippen LogP contribution in [0.25, 0.3) is 0 Å². The first kappa shape index (κ1) is 12.8. The van der Waals surface area contributed by atoms with Gasteiger partial charge in [-0.3, -0.25) is 9.69 Å². The van der Waals surface area contributed by atoms with Crippen molar-refractivity contribution in [3.8, 4) is 0 Å². The minimum absolute atomic E-state index is 0.145. The number of aliphatic hydroxyl groups excluding tert-OH is 1. The van der Waals surface area contributed by atoms with Crippen molar-refractivity contribution < 1.29 is 9.90 Å². The molecule has 0 spiro atoms. The number of amides is 1. The Morgan fingerprint density at radius 2 is 2.00 bits per heavy atom. The van der Waals surface area contributed by atoms with Gasteiger partial charge in [0.1, 0.15) is 0 Å². The number of hydrogen-bond donors (Lipinski definition) is 2. The highest BCUT2D eigenvalue weighted by molar-refractivity contribution is 5.78. The molecule has 2 unspecified atom stereocenters. The fraction of sp³-hybridized carbons (Fsp3) is 0.923. The molecule has 2 bridgehead atoms. The zero-order valence-electron chi connectivity index (χ0n) is 10.7. The van der Waals surface area contributed by atoms with Gasteiger partial charge in [-0.15, -0.1) is 0 Å². The third kappa shape index (κ3) is 3.19. The third-order valence-electron chi connectivity index (χ3n) is 4.04. The predicted octanol–water partition coefficient (Wildman–Crippen LogP) is 0.890. The standard InChI is InChI=1S/C13H24N2O2/c1-2-3-6-14-13(17)9-15-10-4-5-11(15)8-12(16)7-10/h10-12,16H,2-9H2,1H3,(H,14,17). The molecule has 2 saturated heterocycles. The van der Waals surface area contributed by atoms with Crippen LogP contribution in [0.15, 0.2) is 0 Å². The Hall–Kier alpha value is -0.610. The van der Waals surface area contributed by atoms with Gasteiger partial charge in [-0.2, -0.15) is 0 Å². The number of carbonyl (C=O) groups is 1. The van der Waals surface area contributed by atoms with Gasteiger partial charge in [0.2, 0.25) is 5.91 Å². The highest BCUT2D eigenvalue weighted by atomic mass is 16.3. The largest absolute Gasteiger partial charge is 0.393 e. The number of hydrogen-bond acceptors (Lipinski definition) is 3. The van der Waals surface area contributed by atoms with Gasteiger partial charge < -0.3 is 10.4 Å². The molecule has 0 radical (unpaired) electrons. The van der Waals surface area contributed by atoms with Crippen LogP contribution in [0, 0.1) is 0 Å². The van der Waals surface area contributed by atoms with Crippen molar-refractivity contribution in [3.63, 3.8) is 0 Å². The van der Waals surface area contributed by atoms with Crippen LogP contribution in [0.1, 0.15) is 45.4 Å². The van der Waals surface area contributed by atoms with Crippen LogP contribution in [0.5, 0.6) is 0 Å². The maximum Gasteiger partial charge on any atom is 0.234 e. The smallest absolute Gasteiger partial charge is 0.234 e. The van der Waals surface area contributed by atoms with E-state index < -0.39 is 0 Å². The molecular weight excluding hydrogens is 216 g/mol. The molecule has 17 heavy (non-hydrogen) atoms. The average Bonchev–Trinajstić information content (AvgIpc) is 2.53. The van der Waals surface area contributed by atoms with Crippen LogP contribution in [0.3, 0.4) is 0 Å². The van der Waals surface area contributed by atoms with Crippen molar-refractivity contribution in [1.82, 2.24) is 10.2 Å². The lowest BCUT2D eigenvalue weighted by atomic mass is 10.00. The van der Waals surface area contributed by atoms with Crippen molar-refractivity contribution in [2.45, 2.75) is 63.6 Å². The maximum absolute atomic E-state index is 11.8. The average molecular weight is 240 g/mol. The van der Waals surface area contributed by atoms with Crippen LogP contribution >= 0.6 is 0 Å². The van der Waals surface area contributed by atoms with Crippen molar-refractivity contribution in [2.75, 3.05) is 13.1 Å². The molecule has 1 amide bonds. The summed E-state index contributed by atoms with van der Waals surface area (Å²) in [7, 11) is 0. The molecule has 0 saturated carbocycles. The summed E-state index contributed by atoms with van der Waals surface area (Å²) in [5.41, 5.74) is 0. The molecule has 2 atom stereocenters. The van der Waals surface area contributed by atoms with E-state index in [0.717, 1.165) is 45.1 Å². The zero-order valence-corrected chi connectivity index (χ0v) is 10.7. The van der Waals surface area contributed by atoms with Gasteiger partial charge in [0.15, 0.2) is 0 Å². The lowest BCUT2D eigenvalue weighted by Crippen LogP contribution is -2.49. The maximum atomic E-state index is 11.8. The number of unbranched alkanes of at least 4 members (excludes halogenated alkanes) is 1. The number of piperidine rings is 1. The lowest BCUT2D eigenvalue weighted by Gasteiger charge is -2.36. The predicted molar refractivity (Wildman–Crippen MR) is 66.7 cm³/mol. The van der Waals surface area contributed by atoms with E-state index in [-0.39, 0.29) is 12.0 Å². The van der Waals surface area contributed by atoms with Gasteiger partial charge >= 0.3 is 0 Å². The number of aliphatic hydroxyl groups is 1. The molecule has 0 aromatic carbocycles. The number of carbonyl (C=O) groups excluding carboxylic acids is 1. The van der Waals surface area contributed by atoms with Gasteiger partial charge in [-0.05, 0) is 32.1 Å². The summed E-state index contributed by atoms with van der Waals surface area (Å²) in [6.45, 7) is 3.44. The first-order chi connectivity index (χ1) is 8.20. The van der Waals surface area contributed by atoms with Crippen LogP contribution in [0.2, 0.25) is 0 Å². The van der Waals surface area contributed by atoms with Crippen molar-refractivity contribution in [3.05, 3.63) is 0 Å². The Bertz CT molecular complexity index is 256. The molecule has 0 aromatic heterocycles. The molecule has 2 rings (SSSR count). The third-order valence-corrected chi connectivity index (χ3v) is 4.04. The summed E-state index contributed by atoms with van der Waals surface area (Å²) < 4.78 is 0. The second-order valence-electron chi connectivity index (χ2n) is 5.39. The van der Waals surface area contributed by atoms with Crippen molar-refractivity contribution >= 4 is 5.91 Å². The minimum Gasteiger partial charge on any atom is -0.393 e. The van der Waals surface area contributed by atoms with Crippen LogP contribution < -0.4 is 5.32 Å². The second kappa shape index (κ2) is 5.83. The summed E-state index contributed by atoms with van der Waals surface area (Å²) in [6, 6.07) is 0.862. The van der Waals surface area contributed by atoms with E-state index in [4.69, 9.17) is 0 Å². The van der Waals surface area contributed by atoms with Crippen LogP contribution in [-0.2, 0) is 4.79 Å². The molecule has 98 valence electrons. The second-order valence-corrected chi connectivity index (χ2v) is 5.39. The molecule has 0 aliphatic carbocycles. The van der Waals surface area contributed by atoms with Gasteiger partial charge in [-0.1, -0.05) is 13.3 Å². The first-order valence-corrected chi connectivity index (χ1v) is 6.91.